The highest BCUT2D eigenvalue weighted by Gasteiger charge is 2.37. The largest absolute Gasteiger partial charge is 0.463 e. The van der Waals surface area contributed by atoms with Crippen LogP contribution in [0, 0.1) is 0 Å². The molecule has 2 aliphatic carbocycles. The fraction of sp³-hybridized carbons (Fsp3) is 0.536. The van der Waals surface area contributed by atoms with E-state index >= 15 is 0 Å². The van der Waals surface area contributed by atoms with Crippen LogP contribution in [-0.2, 0) is 20.4 Å². The van der Waals surface area contributed by atoms with Crippen molar-refractivity contribution in [3.63, 3.8) is 0 Å². The molecule has 0 bridgehead atoms. The van der Waals surface area contributed by atoms with E-state index in [-0.39, 0.29) is 16.8 Å². The van der Waals surface area contributed by atoms with Gasteiger partial charge in [-0.15, -0.1) is 0 Å². The van der Waals surface area contributed by atoms with Gasteiger partial charge in [0.2, 0.25) is 0 Å². The maximum Gasteiger partial charge on any atom is 0.330 e. The van der Waals surface area contributed by atoms with Crippen molar-refractivity contribution in [1.82, 2.24) is 0 Å². The van der Waals surface area contributed by atoms with Crippen molar-refractivity contribution in [3.8, 4) is 0 Å². The Balaban J connectivity index is 1.97. The van der Waals surface area contributed by atoms with E-state index in [1.165, 1.54) is 53.5 Å². The highest BCUT2D eigenvalue weighted by molar-refractivity contribution is 5.83. The third kappa shape index (κ3) is 4.96. The second kappa shape index (κ2) is 8.96. The van der Waals surface area contributed by atoms with Crippen molar-refractivity contribution < 1.29 is 9.53 Å². The van der Waals surface area contributed by atoms with Gasteiger partial charge in [0.05, 0.1) is 6.61 Å². The van der Waals surface area contributed by atoms with Gasteiger partial charge in [0.1, 0.15) is 0 Å². The molecule has 0 saturated heterocycles. The number of hydrogen-bond acceptors (Lipinski definition) is 2. The minimum Gasteiger partial charge on any atom is -0.463 e. The van der Waals surface area contributed by atoms with Crippen LogP contribution in [0.2, 0.25) is 0 Å². The van der Waals surface area contributed by atoms with Crippen LogP contribution in [0.25, 0.3) is 5.57 Å². The molecule has 162 valence electrons. The van der Waals surface area contributed by atoms with Crippen molar-refractivity contribution >= 4 is 11.5 Å². The molecular formula is C28H38O2. The molecule has 30 heavy (non-hydrogen) atoms. The summed E-state index contributed by atoms with van der Waals surface area (Å²) < 4.78 is 5.02. The summed E-state index contributed by atoms with van der Waals surface area (Å²) in [5, 5.41) is 0. The molecule has 0 amide bonds. The molecule has 0 aromatic heterocycles. The van der Waals surface area contributed by atoms with Gasteiger partial charge in [-0.1, -0.05) is 58.0 Å². The lowest BCUT2D eigenvalue weighted by Gasteiger charge is -2.42. The summed E-state index contributed by atoms with van der Waals surface area (Å²) in [7, 11) is 0. The van der Waals surface area contributed by atoms with Crippen molar-refractivity contribution in [2.75, 3.05) is 6.61 Å². The summed E-state index contributed by atoms with van der Waals surface area (Å²) in [5.74, 6) is -0.267. The number of rotatable bonds is 5. The van der Waals surface area contributed by atoms with E-state index in [9.17, 15) is 4.79 Å². The van der Waals surface area contributed by atoms with E-state index in [4.69, 9.17) is 4.74 Å². The summed E-state index contributed by atoms with van der Waals surface area (Å²) >= 11 is 0. The third-order valence-corrected chi connectivity index (χ3v) is 6.89. The minimum atomic E-state index is -0.267. The van der Waals surface area contributed by atoms with Crippen LogP contribution in [0.4, 0.5) is 0 Å². The van der Waals surface area contributed by atoms with E-state index < -0.39 is 0 Å². The van der Waals surface area contributed by atoms with Gasteiger partial charge in [-0.05, 0) is 96.6 Å². The first kappa shape index (κ1) is 22.6. The molecule has 0 fully saturated rings. The normalized spacial score (nSPS) is 20.9. The van der Waals surface area contributed by atoms with Crippen LogP contribution in [0.15, 0.2) is 47.6 Å². The highest BCUT2D eigenvalue weighted by Crippen LogP contribution is 2.47. The van der Waals surface area contributed by atoms with Gasteiger partial charge in [0.25, 0.3) is 0 Å². The fourth-order valence-electron chi connectivity index (χ4n) is 4.87. The van der Waals surface area contributed by atoms with Crippen LogP contribution in [0.5, 0.6) is 0 Å². The fourth-order valence-corrected chi connectivity index (χ4v) is 4.87. The summed E-state index contributed by atoms with van der Waals surface area (Å²) in [5.41, 5.74) is 8.71. The zero-order valence-corrected chi connectivity index (χ0v) is 19.7. The van der Waals surface area contributed by atoms with Crippen LogP contribution in [0.1, 0.15) is 96.8 Å². The van der Waals surface area contributed by atoms with Gasteiger partial charge in [-0.25, -0.2) is 4.79 Å². The molecular weight excluding hydrogens is 368 g/mol. The molecule has 2 nitrogen and oxygen atoms in total. The molecule has 1 aromatic rings. The second-order valence-electron chi connectivity index (χ2n) is 10.2. The number of carbonyl (C=O) groups is 1. The van der Waals surface area contributed by atoms with Gasteiger partial charge >= 0.3 is 5.97 Å². The Morgan fingerprint density at radius 3 is 2.40 bits per heavy atom. The summed E-state index contributed by atoms with van der Waals surface area (Å²) in [4.78, 5) is 11.7. The molecule has 0 saturated carbocycles. The lowest BCUT2D eigenvalue weighted by molar-refractivity contribution is -0.137. The zero-order valence-electron chi connectivity index (χ0n) is 19.7. The van der Waals surface area contributed by atoms with E-state index in [2.05, 4.69) is 58.0 Å². The van der Waals surface area contributed by atoms with Crippen LogP contribution in [0.3, 0.4) is 0 Å². The number of hydrogen-bond donors (Lipinski definition) is 0. The summed E-state index contributed by atoms with van der Waals surface area (Å²) in [6.45, 7) is 13.7. The highest BCUT2D eigenvalue weighted by atomic mass is 16.5. The Kier molecular flexibility index (Phi) is 6.75. The molecule has 0 radical (unpaired) electrons. The first-order valence-electron chi connectivity index (χ1n) is 11.5. The predicted molar refractivity (Wildman–Crippen MR) is 127 cm³/mol. The Hall–Kier alpha value is -2.09. The number of carbonyl (C=O) groups excluding carboxylic acids is 1. The van der Waals surface area contributed by atoms with Gasteiger partial charge in [-0.2, -0.15) is 0 Å². The first-order chi connectivity index (χ1) is 14.1. The number of fused-ring (bicyclic) bond motifs is 1. The van der Waals surface area contributed by atoms with E-state index in [1.54, 1.807) is 6.08 Å². The quantitative estimate of drug-likeness (QED) is 0.289. The SMILES string of the molecule is CCOC(=O)/C=C(C)/C=C/C1=C(c2ccc3c(c2)C(C)(C)CCC3(C)C)CCCC1. The molecule has 0 atom stereocenters. The monoisotopic (exact) mass is 406 g/mol. The van der Waals surface area contributed by atoms with Gasteiger partial charge in [-0.3, -0.25) is 0 Å². The Bertz CT molecular complexity index is 893. The number of esters is 1. The maximum absolute atomic E-state index is 11.7. The van der Waals surface area contributed by atoms with Crippen LogP contribution >= 0.6 is 0 Å². The van der Waals surface area contributed by atoms with Crippen LogP contribution < -0.4 is 0 Å². The summed E-state index contributed by atoms with van der Waals surface area (Å²) in [6.07, 6.45) is 13.0. The lowest BCUT2D eigenvalue weighted by Crippen LogP contribution is -2.33. The van der Waals surface area contributed by atoms with Crippen molar-refractivity contribution in [2.24, 2.45) is 0 Å². The molecule has 1 aromatic carbocycles. The van der Waals surface area contributed by atoms with Crippen molar-refractivity contribution in [1.29, 1.82) is 0 Å². The van der Waals surface area contributed by atoms with E-state index in [0.29, 0.717) is 6.61 Å². The smallest absolute Gasteiger partial charge is 0.330 e. The molecule has 2 aliphatic rings. The van der Waals surface area contributed by atoms with Crippen molar-refractivity contribution in [2.45, 2.75) is 90.9 Å². The topological polar surface area (TPSA) is 26.3 Å². The van der Waals surface area contributed by atoms with Gasteiger partial charge in [0.15, 0.2) is 0 Å². The summed E-state index contributed by atoms with van der Waals surface area (Å²) in [6, 6.07) is 7.21. The molecule has 0 heterocycles. The predicted octanol–water partition coefficient (Wildman–Crippen LogP) is 7.43. The minimum absolute atomic E-state index is 0.227. The van der Waals surface area contributed by atoms with E-state index in [0.717, 1.165) is 18.4 Å². The average molecular weight is 407 g/mol. The first-order valence-corrected chi connectivity index (χ1v) is 11.5. The van der Waals surface area contributed by atoms with E-state index in [1.807, 2.05) is 13.8 Å². The molecule has 0 N–H and O–H groups in total. The molecule has 0 unspecified atom stereocenters. The second-order valence-corrected chi connectivity index (χ2v) is 10.2. The van der Waals surface area contributed by atoms with Gasteiger partial charge < -0.3 is 4.74 Å². The average Bonchev–Trinajstić information content (AvgIpc) is 2.70. The lowest BCUT2D eigenvalue weighted by atomic mass is 9.62. The molecule has 0 aliphatic heterocycles. The Labute approximate surface area is 183 Å². The number of ether oxygens (including phenoxy) is 1. The third-order valence-electron chi connectivity index (χ3n) is 6.89. The Morgan fingerprint density at radius 2 is 1.70 bits per heavy atom. The number of allylic oxidation sites excluding steroid dienone is 5. The number of benzene rings is 1. The molecule has 3 rings (SSSR count). The molecule has 0 spiro atoms. The van der Waals surface area contributed by atoms with Crippen LogP contribution in [-0.4, -0.2) is 12.6 Å². The Morgan fingerprint density at radius 1 is 1.03 bits per heavy atom. The maximum atomic E-state index is 11.7. The standard InChI is InChI=1S/C28H38O2/c1-7-30-26(29)18-20(2)12-13-21-10-8-9-11-23(21)22-14-15-24-25(19-22)28(5,6)17-16-27(24,3)4/h12-15,18-19H,7-11,16-17H2,1-6H3/b13-12+,20-18+. The molecule has 2 heteroatoms. The van der Waals surface area contributed by atoms with Gasteiger partial charge in [0, 0.05) is 6.08 Å². The zero-order chi connectivity index (χ0) is 21.9. The van der Waals surface area contributed by atoms with Crippen molar-refractivity contribution in [3.05, 3.63) is 64.3 Å².